The van der Waals surface area contributed by atoms with Crippen molar-refractivity contribution in [3.63, 3.8) is 0 Å². The van der Waals surface area contributed by atoms with Gasteiger partial charge in [-0.3, -0.25) is 14.3 Å². The first-order valence-corrected chi connectivity index (χ1v) is 13.4. The number of ketones is 1. The van der Waals surface area contributed by atoms with Gasteiger partial charge in [-0.25, -0.2) is 0 Å². The van der Waals surface area contributed by atoms with E-state index >= 15 is 0 Å². The summed E-state index contributed by atoms with van der Waals surface area (Å²) in [5.41, 5.74) is 7.11. The molecule has 2 aliphatic carbocycles. The first kappa shape index (κ1) is 22.8. The topological polar surface area (TPSA) is 67.7 Å². The summed E-state index contributed by atoms with van der Waals surface area (Å²) in [7, 11) is 0. The average Bonchev–Trinajstić information content (AvgIpc) is 3.42. The number of hydrogen-bond donors (Lipinski definition) is 0. The molecule has 4 aliphatic rings. The van der Waals surface area contributed by atoms with Crippen LogP contribution in [0.2, 0.25) is 0 Å². The molecule has 1 aromatic carbocycles. The van der Waals surface area contributed by atoms with E-state index in [0.717, 1.165) is 69.5 Å². The molecule has 1 unspecified atom stereocenters. The number of carbonyl (C=O) groups is 2. The maximum absolute atomic E-state index is 13.4. The lowest BCUT2D eigenvalue weighted by atomic mass is 9.86. The minimum Gasteiger partial charge on any atom is -0.376 e. The van der Waals surface area contributed by atoms with Gasteiger partial charge in [0.2, 0.25) is 5.91 Å². The van der Waals surface area contributed by atoms with Gasteiger partial charge in [0.15, 0.2) is 5.78 Å². The summed E-state index contributed by atoms with van der Waals surface area (Å²) in [5, 5.41) is 4.75. The Bertz CT molecular complexity index is 1140. The van der Waals surface area contributed by atoms with Gasteiger partial charge in [0.1, 0.15) is 12.2 Å². The van der Waals surface area contributed by atoms with Gasteiger partial charge in [-0.2, -0.15) is 5.10 Å². The highest BCUT2D eigenvalue weighted by atomic mass is 16.5. The summed E-state index contributed by atoms with van der Waals surface area (Å²) in [4.78, 5) is 31.1. The van der Waals surface area contributed by atoms with Crippen molar-refractivity contribution in [2.75, 3.05) is 31.1 Å². The van der Waals surface area contributed by atoms with Crippen LogP contribution >= 0.6 is 0 Å². The van der Waals surface area contributed by atoms with Crippen molar-refractivity contribution in [3.8, 4) is 0 Å². The molecule has 2 saturated heterocycles. The maximum Gasteiger partial charge on any atom is 0.244 e. The molecule has 7 nitrogen and oxygen atoms in total. The highest BCUT2D eigenvalue weighted by Crippen LogP contribution is 2.34. The first-order valence-electron chi connectivity index (χ1n) is 13.4. The zero-order valence-electron chi connectivity index (χ0n) is 21.0. The van der Waals surface area contributed by atoms with Crippen LogP contribution in [0.4, 0.5) is 5.69 Å². The number of Topliss-reactive ketones (excluding diaryl/α,β-unsaturated/α-hetero) is 1. The van der Waals surface area contributed by atoms with Crippen LogP contribution in [0, 0.1) is 5.92 Å². The monoisotopic (exact) mass is 476 g/mol. The second-order valence-corrected chi connectivity index (χ2v) is 10.9. The minimum absolute atomic E-state index is 0.0409. The van der Waals surface area contributed by atoms with Crippen molar-refractivity contribution in [1.29, 1.82) is 0 Å². The lowest BCUT2D eigenvalue weighted by Crippen LogP contribution is -2.50. The third-order valence-electron chi connectivity index (χ3n) is 8.46. The van der Waals surface area contributed by atoms with Crippen molar-refractivity contribution in [2.24, 2.45) is 5.92 Å². The Hall–Kier alpha value is -2.67. The van der Waals surface area contributed by atoms with Crippen LogP contribution < -0.4 is 4.90 Å². The van der Waals surface area contributed by atoms with Crippen molar-refractivity contribution in [3.05, 3.63) is 46.3 Å². The Kier molecular flexibility index (Phi) is 5.91. The molecule has 3 heterocycles. The van der Waals surface area contributed by atoms with E-state index in [4.69, 9.17) is 9.84 Å². The molecule has 2 aliphatic heterocycles. The molecule has 1 amide bonds. The van der Waals surface area contributed by atoms with Gasteiger partial charge in [-0.1, -0.05) is 12.1 Å². The van der Waals surface area contributed by atoms with Crippen LogP contribution in [0.25, 0.3) is 0 Å². The van der Waals surface area contributed by atoms with Gasteiger partial charge in [-0.15, -0.1) is 0 Å². The van der Waals surface area contributed by atoms with Crippen LogP contribution in [0.5, 0.6) is 0 Å². The number of aryl methyl sites for hydroxylation is 1. The summed E-state index contributed by atoms with van der Waals surface area (Å²) >= 11 is 0. The molecule has 0 radical (unpaired) electrons. The molecule has 2 aromatic rings. The predicted molar refractivity (Wildman–Crippen MR) is 134 cm³/mol. The fourth-order valence-electron chi connectivity index (χ4n) is 6.60. The van der Waals surface area contributed by atoms with E-state index < -0.39 is 0 Å². The Morgan fingerprint density at radius 1 is 0.971 bits per heavy atom. The smallest absolute Gasteiger partial charge is 0.244 e. The Balaban J connectivity index is 1.13. The quantitative estimate of drug-likeness (QED) is 0.620. The normalized spacial score (nSPS) is 25.7. The first-order chi connectivity index (χ1) is 17.0. The van der Waals surface area contributed by atoms with Gasteiger partial charge in [0, 0.05) is 49.0 Å². The van der Waals surface area contributed by atoms with Crippen LogP contribution in [-0.4, -0.2) is 64.8 Å². The van der Waals surface area contributed by atoms with E-state index in [1.165, 1.54) is 29.7 Å². The molecule has 3 atom stereocenters. The SMILES string of the molecule is C[C@@H]1CC(C(=O)c2nn(CC(=O)N3CCN(c4cccc5c4CC5)CC3)c3c2CCC3)C[C@H](C)O1. The number of amides is 1. The van der Waals surface area contributed by atoms with E-state index in [0.29, 0.717) is 5.69 Å². The average molecular weight is 477 g/mol. The van der Waals surface area contributed by atoms with Crippen molar-refractivity contribution >= 4 is 17.4 Å². The van der Waals surface area contributed by atoms with Gasteiger partial charge in [0.25, 0.3) is 0 Å². The summed E-state index contributed by atoms with van der Waals surface area (Å²) in [5.74, 6) is 0.209. The Morgan fingerprint density at radius 2 is 1.74 bits per heavy atom. The molecule has 2 fully saturated rings. The molecule has 6 rings (SSSR count). The molecule has 0 N–H and O–H groups in total. The van der Waals surface area contributed by atoms with Crippen molar-refractivity contribution in [1.82, 2.24) is 14.7 Å². The zero-order valence-corrected chi connectivity index (χ0v) is 21.0. The summed E-state index contributed by atoms with van der Waals surface area (Å²) < 4.78 is 7.68. The van der Waals surface area contributed by atoms with E-state index in [9.17, 15) is 9.59 Å². The lowest BCUT2D eigenvalue weighted by molar-refractivity contribution is -0.132. The van der Waals surface area contributed by atoms with E-state index in [2.05, 4.69) is 23.1 Å². The third-order valence-corrected chi connectivity index (χ3v) is 8.46. The third kappa shape index (κ3) is 4.18. The predicted octanol–water partition coefficient (Wildman–Crippen LogP) is 3.21. The molecule has 1 aromatic heterocycles. The van der Waals surface area contributed by atoms with Gasteiger partial charge < -0.3 is 14.5 Å². The fourth-order valence-corrected chi connectivity index (χ4v) is 6.60. The molecule has 35 heavy (non-hydrogen) atoms. The van der Waals surface area contributed by atoms with Gasteiger partial charge >= 0.3 is 0 Å². The van der Waals surface area contributed by atoms with Gasteiger partial charge in [-0.05, 0) is 76.0 Å². The van der Waals surface area contributed by atoms with Crippen molar-refractivity contribution in [2.45, 2.75) is 77.5 Å². The molecular weight excluding hydrogens is 440 g/mol. The summed E-state index contributed by atoms with van der Waals surface area (Å²) in [6.07, 6.45) is 6.86. The van der Waals surface area contributed by atoms with E-state index in [-0.39, 0.29) is 36.4 Å². The number of aromatic nitrogens is 2. The van der Waals surface area contributed by atoms with Crippen LogP contribution in [0.1, 0.15) is 66.0 Å². The van der Waals surface area contributed by atoms with Crippen molar-refractivity contribution < 1.29 is 14.3 Å². The molecule has 7 heteroatoms. The number of fused-ring (bicyclic) bond motifs is 2. The number of piperazine rings is 1. The Labute approximate surface area is 207 Å². The minimum atomic E-state index is -0.0409. The van der Waals surface area contributed by atoms with E-state index in [1.54, 1.807) is 0 Å². The van der Waals surface area contributed by atoms with Crippen LogP contribution in [0.3, 0.4) is 0 Å². The zero-order chi connectivity index (χ0) is 24.1. The number of carbonyl (C=O) groups excluding carboxylic acids is 2. The highest BCUT2D eigenvalue weighted by molar-refractivity contribution is 5.98. The molecule has 0 saturated carbocycles. The maximum atomic E-state index is 13.4. The number of ether oxygens (including phenoxy) is 1. The van der Waals surface area contributed by atoms with E-state index in [1.807, 2.05) is 23.4 Å². The second-order valence-electron chi connectivity index (χ2n) is 10.9. The van der Waals surface area contributed by atoms with Crippen LogP contribution in [-0.2, 0) is 41.8 Å². The lowest BCUT2D eigenvalue weighted by Gasteiger charge is -2.38. The fraction of sp³-hybridized carbons (Fsp3) is 0.607. The second kappa shape index (κ2) is 9.08. The number of hydrogen-bond acceptors (Lipinski definition) is 5. The standard InChI is InChI=1S/C28H36N4O3/c1-18-15-21(16-19(2)35-18)28(34)27-23-6-4-8-25(23)32(29-27)17-26(33)31-13-11-30(12-14-31)24-7-3-5-20-9-10-22(20)24/h3,5,7,18-19,21H,4,6,8-17H2,1-2H3/t18-,19+,21?. The number of rotatable bonds is 5. The largest absolute Gasteiger partial charge is 0.376 e. The summed E-state index contributed by atoms with van der Waals surface area (Å²) in [6, 6.07) is 6.61. The number of nitrogens with zero attached hydrogens (tertiary/aromatic N) is 4. The number of benzene rings is 1. The number of anilines is 1. The molecule has 186 valence electrons. The van der Waals surface area contributed by atoms with Crippen LogP contribution in [0.15, 0.2) is 18.2 Å². The Morgan fingerprint density at radius 3 is 2.46 bits per heavy atom. The molecule has 0 bridgehead atoms. The van der Waals surface area contributed by atoms with Gasteiger partial charge in [0.05, 0.1) is 12.2 Å². The molecule has 0 spiro atoms. The summed E-state index contributed by atoms with van der Waals surface area (Å²) in [6.45, 7) is 7.51. The molecular formula is C28H36N4O3. The highest BCUT2D eigenvalue weighted by Gasteiger charge is 2.35.